The Morgan fingerprint density at radius 2 is 1.79 bits per heavy atom. The minimum absolute atomic E-state index is 0.00694. The topological polar surface area (TPSA) is 49.3 Å². The summed E-state index contributed by atoms with van der Waals surface area (Å²) in [6.07, 6.45) is -5.08. The maximum atomic E-state index is 11.9. The fourth-order valence-electron chi connectivity index (χ4n) is 0.631. The summed E-state index contributed by atoms with van der Waals surface area (Å²) < 4.78 is 55.5. The predicted molar refractivity (Wildman–Crippen MR) is 36.1 cm³/mol. The fraction of sp³-hybridized carbons (Fsp3) is 0.833. The van der Waals surface area contributed by atoms with E-state index >= 15 is 0 Å². The minimum Gasteiger partial charge on any atom is -0.475 e. The second-order valence-electron chi connectivity index (χ2n) is 2.59. The average Bonchev–Trinajstić information content (AvgIpc) is 2.33. The highest BCUT2D eigenvalue weighted by molar-refractivity contribution is 5.73. The Kier molecular flexibility index (Phi) is 4.24. The molecule has 0 aromatic heterocycles. The molecule has 14 heavy (non-hydrogen) atoms. The first-order valence-electron chi connectivity index (χ1n) is 3.54. The first kappa shape index (κ1) is 13.1. The SMILES string of the molecule is FC1(F)CCNC1.O=C(O)C(F)(F)F. The molecule has 0 aliphatic carbocycles. The van der Waals surface area contributed by atoms with Gasteiger partial charge in [-0.05, 0) is 0 Å². The molecule has 0 spiro atoms. The summed E-state index contributed by atoms with van der Waals surface area (Å²) in [6, 6.07) is 0. The van der Waals surface area contributed by atoms with E-state index in [9.17, 15) is 22.0 Å². The average molecular weight is 221 g/mol. The monoisotopic (exact) mass is 221 g/mol. The van der Waals surface area contributed by atoms with Crippen LogP contribution in [0.15, 0.2) is 0 Å². The molecule has 0 aromatic carbocycles. The van der Waals surface area contributed by atoms with E-state index < -0.39 is 18.1 Å². The number of carboxylic acid groups (broad SMARTS) is 1. The van der Waals surface area contributed by atoms with Crippen LogP contribution >= 0.6 is 0 Å². The van der Waals surface area contributed by atoms with Gasteiger partial charge in [-0.15, -0.1) is 0 Å². The number of carboxylic acids is 1. The fourth-order valence-corrected chi connectivity index (χ4v) is 0.631. The van der Waals surface area contributed by atoms with E-state index in [0.29, 0.717) is 6.54 Å². The van der Waals surface area contributed by atoms with Gasteiger partial charge in [0.2, 0.25) is 0 Å². The van der Waals surface area contributed by atoms with E-state index in [0.717, 1.165) is 0 Å². The first-order chi connectivity index (χ1) is 6.15. The van der Waals surface area contributed by atoms with Crippen molar-refractivity contribution in [3.05, 3.63) is 0 Å². The normalized spacial score (nSPS) is 19.8. The predicted octanol–water partition coefficient (Wildman–Crippen LogP) is 1.25. The maximum absolute atomic E-state index is 11.9. The Hall–Kier alpha value is -0.920. The van der Waals surface area contributed by atoms with Crippen LogP contribution in [0.2, 0.25) is 0 Å². The molecule has 0 unspecified atom stereocenters. The van der Waals surface area contributed by atoms with Gasteiger partial charge in [0.05, 0.1) is 6.54 Å². The highest BCUT2D eigenvalue weighted by Crippen LogP contribution is 2.19. The lowest BCUT2D eigenvalue weighted by molar-refractivity contribution is -0.192. The van der Waals surface area contributed by atoms with Gasteiger partial charge in [0.1, 0.15) is 0 Å². The Bertz CT molecular complexity index is 195. The third kappa shape index (κ3) is 5.68. The smallest absolute Gasteiger partial charge is 0.475 e. The number of hydrogen-bond acceptors (Lipinski definition) is 2. The number of halogens is 5. The van der Waals surface area contributed by atoms with Gasteiger partial charge >= 0.3 is 12.1 Å². The van der Waals surface area contributed by atoms with Gasteiger partial charge in [0.15, 0.2) is 0 Å². The van der Waals surface area contributed by atoms with Crippen molar-refractivity contribution in [2.24, 2.45) is 0 Å². The van der Waals surface area contributed by atoms with Gasteiger partial charge in [-0.2, -0.15) is 13.2 Å². The lowest BCUT2D eigenvalue weighted by Gasteiger charge is -2.02. The van der Waals surface area contributed by atoms with Crippen molar-refractivity contribution in [2.45, 2.75) is 18.5 Å². The highest BCUT2D eigenvalue weighted by Gasteiger charge is 2.38. The Morgan fingerprint density at radius 1 is 1.36 bits per heavy atom. The Balaban J connectivity index is 0.000000241. The van der Waals surface area contributed by atoms with Crippen LogP contribution in [0.25, 0.3) is 0 Å². The summed E-state index contributed by atoms with van der Waals surface area (Å²) in [4.78, 5) is 8.90. The molecule has 1 rings (SSSR count). The Labute approximate surface area is 75.9 Å². The molecule has 3 nitrogen and oxygen atoms in total. The molecular formula is C6H8F5NO2. The third-order valence-electron chi connectivity index (χ3n) is 1.29. The van der Waals surface area contributed by atoms with Crippen LogP contribution in [-0.4, -0.2) is 36.3 Å². The van der Waals surface area contributed by atoms with E-state index in [1.165, 1.54) is 0 Å². The zero-order valence-corrected chi connectivity index (χ0v) is 6.87. The lowest BCUT2D eigenvalue weighted by Crippen LogP contribution is -2.21. The molecule has 1 aliphatic rings. The minimum atomic E-state index is -5.08. The molecule has 1 heterocycles. The van der Waals surface area contributed by atoms with Crippen LogP contribution < -0.4 is 5.32 Å². The van der Waals surface area contributed by atoms with E-state index in [-0.39, 0.29) is 13.0 Å². The molecule has 0 saturated carbocycles. The molecular weight excluding hydrogens is 213 g/mol. The summed E-state index contributed by atoms with van der Waals surface area (Å²) in [7, 11) is 0. The molecule has 1 aliphatic heterocycles. The molecule has 1 saturated heterocycles. The standard InChI is InChI=1S/C4H7F2N.C2HF3O2/c5-4(6)1-2-7-3-4;3-2(4,5)1(6)7/h7H,1-3H2;(H,6,7). The van der Waals surface area contributed by atoms with Gasteiger partial charge in [0, 0.05) is 13.0 Å². The number of alkyl halides is 5. The van der Waals surface area contributed by atoms with Gasteiger partial charge in [0.25, 0.3) is 5.92 Å². The number of nitrogens with one attached hydrogen (secondary N) is 1. The van der Waals surface area contributed by atoms with Crippen LogP contribution in [0, 0.1) is 0 Å². The maximum Gasteiger partial charge on any atom is 0.490 e. The van der Waals surface area contributed by atoms with Gasteiger partial charge < -0.3 is 10.4 Å². The lowest BCUT2D eigenvalue weighted by atomic mass is 10.3. The molecule has 8 heteroatoms. The van der Waals surface area contributed by atoms with Gasteiger partial charge in [-0.1, -0.05) is 0 Å². The number of hydrogen-bond donors (Lipinski definition) is 2. The molecule has 0 radical (unpaired) electrons. The zero-order valence-electron chi connectivity index (χ0n) is 6.87. The Morgan fingerprint density at radius 3 is 1.86 bits per heavy atom. The second-order valence-corrected chi connectivity index (χ2v) is 2.59. The molecule has 84 valence electrons. The quantitative estimate of drug-likeness (QED) is 0.605. The molecule has 0 bridgehead atoms. The van der Waals surface area contributed by atoms with Crippen molar-refractivity contribution in [3.63, 3.8) is 0 Å². The summed E-state index contributed by atoms with van der Waals surface area (Å²) >= 11 is 0. The molecule has 0 amide bonds. The molecule has 1 fully saturated rings. The van der Waals surface area contributed by atoms with E-state index in [1.54, 1.807) is 0 Å². The second kappa shape index (κ2) is 4.54. The van der Waals surface area contributed by atoms with E-state index in [1.807, 2.05) is 0 Å². The molecule has 2 N–H and O–H groups in total. The van der Waals surface area contributed by atoms with Crippen molar-refractivity contribution in [3.8, 4) is 0 Å². The van der Waals surface area contributed by atoms with Gasteiger partial charge in [-0.3, -0.25) is 0 Å². The van der Waals surface area contributed by atoms with E-state index in [4.69, 9.17) is 9.90 Å². The van der Waals surface area contributed by atoms with Crippen molar-refractivity contribution in [1.29, 1.82) is 0 Å². The van der Waals surface area contributed by atoms with Crippen molar-refractivity contribution in [2.75, 3.05) is 13.1 Å². The summed E-state index contributed by atoms with van der Waals surface area (Å²) in [5, 5.41) is 9.69. The largest absolute Gasteiger partial charge is 0.490 e. The summed E-state index contributed by atoms with van der Waals surface area (Å²) in [5.74, 6) is -5.17. The number of aliphatic carboxylic acids is 1. The van der Waals surface area contributed by atoms with Crippen LogP contribution in [0.4, 0.5) is 22.0 Å². The number of rotatable bonds is 0. The third-order valence-corrected chi connectivity index (χ3v) is 1.29. The van der Waals surface area contributed by atoms with Gasteiger partial charge in [-0.25, -0.2) is 13.6 Å². The van der Waals surface area contributed by atoms with E-state index in [2.05, 4.69) is 5.32 Å². The van der Waals surface area contributed by atoms with Crippen molar-refractivity contribution >= 4 is 5.97 Å². The first-order valence-corrected chi connectivity index (χ1v) is 3.54. The number of carbonyl (C=O) groups is 1. The van der Waals surface area contributed by atoms with Crippen molar-refractivity contribution in [1.82, 2.24) is 5.32 Å². The van der Waals surface area contributed by atoms with Crippen LogP contribution in [-0.2, 0) is 4.79 Å². The summed E-state index contributed by atoms with van der Waals surface area (Å²) in [6.45, 7) is 0.333. The molecule has 0 aromatic rings. The summed E-state index contributed by atoms with van der Waals surface area (Å²) in [5.41, 5.74) is 0. The molecule has 0 atom stereocenters. The van der Waals surface area contributed by atoms with Crippen LogP contribution in [0.1, 0.15) is 6.42 Å². The van der Waals surface area contributed by atoms with Crippen molar-refractivity contribution < 1.29 is 31.9 Å². The zero-order chi connectivity index (χ0) is 11.4. The van der Waals surface area contributed by atoms with Crippen LogP contribution in [0.3, 0.4) is 0 Å². The van der Waals surface area contributed by atoms with Crippen LogP contribution in [0.5, 0.6) is 0 Å². The highest BCUT2D eigenvalue weighted by atomic mass is 19.4.